The highest BCUT2D eigenvalue weighted by molar-refractivity contribution is 9.11. The molecule has 0 aliphatic carbocycles. The summed E-state index contributed by atoms with van der Waals surface area (Å²) in [7, 11) is -1.60. The molecule has 0 saturated carbocycles. The van der Waals surface area contributed by atoms with Gasteiger partial charge in [0.2, 0.25) is 10.0 Å². The van der Waals surface area contributed by atoms with Crippen LogP contribution in [-0.2, 0) is 23.5 Å². The maximum atomic E-state index is 12.1. The number of hydrogen-bond donors (Lipinski definition) is 1. The predicted molar refractivity (Wildman–Crippen MR) is 78.9 cm³/mol. The number of sulfonamides is 1. The Morgan fingerprint density at radius 1 is 1.53 bits per heavy atom. The second kappa shape index (κ2) is 5.74. The van der Waals surface area contributed by atoms with Gasteiger partial charge in [0.05, 0.1) is 8.68 Å². The maximum absolute atomic E-state index is 12.1. The molecule has 0 aliphatic rings. The van der Waals surface area contributed by atoms with E-state index >= 15 is 0 Å². The maximum Gasteiger partial charge on any atom is 0.241 e. The Kier molecular flexibility index (Phi) is 4.44. The third kappa shape index (κ3) is 3.44. The van der Waals surface area contributed by atoms with Gasteiger partial charge in [0.25, 0.3) is 0 Å². The van der Waals surface area contributed by atoms with Crippen molar-refractivity contribution in [3.8, 4) is 0 Å². The van der Waals surface area contributed by atoms with E-state index in [1.165, 1.54) is 11.3 Å². The van der Waals surface area contributed by atoms with Gasteiger partial charge >= 0.3 is 0 Å². The fourth-order valence-electron chi connectivity index (χ4n) is 1.74. The van der Waals surface area contributed by atoms with Crippen LogP contribution >= 0.6 is 27.3 Å². The minimum absolute atomic E-state index is 0.342. The zero-order valence-corrected chi connectivity index (χ0v) is 13.8. The van der Waals surface area contributed by atoms with Gasteiger partial charge in [0.1, 0.15) is 0 Å². The molecule has 2 aromatic heterocycles. The Morgan fingerprint density at radius 3 is 2.79 bits per heavy atom. The first-order chi connectivity index (χ1) is 8.90. The van der Waals surface area contributed by atoms with E-state index in [1.54, 1.807) is 23.9 Å². The molecule has 1 N–H and O–H groups in total. The second-order valence-electron chi connectivity index (χ2n) is 4.06. The van der Waals surface area contributed by atoms with Crippen molar-refractivity contribution in [2.75, 3.05) is 6.54 Å². The molecular weight excluding hydrogens is 350 g/mol. The number of thiophene rings is 1. The summed E-state index contributed by atoms with van der Waals surface area (Å²) in [5.41, 5.74) is 0.992. The number of halogens is 1. The van der Waals surface area contributed by atoms with Crippen molar-refractivity contribution >= 4 is 37.3 Å². The topological polar surface area (TPSA) is 64.0 Å². The van der Waals surface area contributed by atoms with Crippen LogP contribution in [0.15, 0.2) is 27.0 Å². The molecule has 5 nitrogen and oxygen atoms in total. The zero-order valence-electron chi connectivity index (χ0n) is 10.6. The first kappa shape index (κ1) is 14.7. The van der Waals surface area contributed by atoms with Gasteiger partial charge in [-0.05, 0) is 35.0 Å². The minimum Gasteiger partial charge on any atom is -0.273 e. The van der Waals surface area contributed by atoms with E-state index in [0.717, 1.165) is 14.4 Å². The smallest absolute Gasteiger partial charge is 0.241 e. The first-order valence-electron chi connectivity index (χ1n) is 5.62. The van der Waals surface area contributed by atoms with Crippen LogP contribution in [0.3, 0.4) is 0 Å². The molecule has 0 aliphatic heterocycles. The van der Waals surface area contributed by atoms with Crippen molar-refractivity contribution in [1.29, 1.82) is 0 Å². The van der Waals surface area contributed by atoms with Crippen molar-refractivity contribution in [3.05, 3.63) is 32.7 Å². The van der Waals surface area contributed by atoms with E-state index in [4.69, 9.17) is 0 Å². The van der Waals surface area contributed by atoms with E-state index in [9.17, 15) is 8.42 Å². The zero-order chi connectivity index (χ0) is 14.0. The highest BCUT2D eigenvalue weighted by Gasteiger charge is 2.18. The van der Waals surface area contributed by atoms with Crippen LogP contribution < -0.4 is 4.72 Å². The predicted octanol–water partition coefficient (Wildman–Crippen LogP) is 2.07. The molecule has 0 unspecified atom stereocenters. The van der Waals surface area contributed by atoms with Crippen LogP contribution in [0.25, 0.3) is 0 Å². The van der Waals surface area contributed by atoms with Gasteiger partial charge < -0.3 is 0 Å². The number of aryl methyl sites for hydroxylation is 2. The summed E-state index contributed by atoms with van der Waals surface area (Å²) < 4.78 is 29.4. The van der Waals surface area contributed by atoms with Crippen molar-refractivity contribution in [2.24, 2.45) is 7.05 Å². The average Bonchev–Trinajstić information content (AvgIpc) is 2.86. The third-order valence-electron chi connectivity index (χ3n) is 2.73. The number of aromatic nitrogens is 2. The Morgan fingerprint density at radius 2 is 2.26 bits per heavy atom. The fourth-order valence-corrected chi connectivity index (χ4v) is 5.18. The number of nitrogens with one attached hydrogen (secondary N) is 1. The summed E-state index contributed by atoms with van der Waals surface area (Å²) in [5, 5.41) is 4.04. The van der Waals surface area contributed by atoms with Crippen molar-refractivity contribution in [1.82, 2.24) is 14.5 Å². The SMILES string of the molecule is Cc1sc(Br)cc1S(=O)(=O)NCCc1ccnn1C. The van der Waals surface area contributed by atoms with Crippen LogP contribution in [0.4, 0.5) is 0 Å². The van der Waals surface area contributed by atoms with Gasteiger partial charge in [0.15, 0.2) is 0 Å². The molecule has 0 atom stereocenters. The van der Waals surface area contributed by atoms with E-state index in [0.29, 0.717) is 17.9 Å². The number of rotatable bonds is 5. The summed E-state index contributed by atoms with van der Waals surface area (Å²) in [6.45, 7) is 2.15. The molecule has 0 saturated heterocycles. The standard InChI is InChI=1S/C11H14BrN3O2S2/c1-8-10(7-11(12)18-8)19(16,17)14-6-4-9-3-5-13-15(9)2/h3,5,7,14H,4,6H2,1-2H3. The first-order valence-corrected chi connectivity index (χ1v) is 8.72. The average molecular weight is 364 g/mol. The molecule has 0 amide bonds. The summed E-state index contributed by atoms with van der Waals surface area (Å²) in [6, 6.07) is 3.51. The summed E-state index contributed by atoms with van der Waals surface area (Å²) >= 11 is 4.71. The molecule has 2 rings (SSSR count). The van der Waals surface area contributed by atoms with E-state index in [2.05, 4.69) is 25.8 Å². The molecule has 2 aromatic rings. The van der Waals surface area contributed by atoms with Gasteiger partial charge in [-0.2, -0.15) is 5.10 Å². The Bertz CT molecular complexity index is 676. The van der Waals surface area contributed by atoms with Gasteiger partial charge in [0, 0.05) is 36.8 Å². The lowest BCUT2D eigenvalue weighted by Gasteiger charge is -2.06. The number of hydrogen-bond acceptors (Lipinski definition) is 4. The van der Waals surface area contributed by atoms with Crippen molar-refractivity contribution in [3.63, 3.8) is 0 Å². The molecule has 2 heterocycles. The van der Waals surface area contributed by atoms with Gasteiger partial charge in [-0.25, -0.2) is 13.1 Å². The fraction of sp³-hybridized carbons (Fsp3) is 0.364. The second-order valence-corrected chi connectivity index (χ2v) is 8.44. The molecule has 0 spiro atoms. The van der Waals surface area contributed by atoms with Crippen LogP contribution in [0, 0.1) is 6.92 Å². The van der Waals surface area contributed by atoms with Gasteiger partial charge in [-0.1, -0.05) is 0 Å². The molecule has 104 valence electrons. The normalized spacial score (nSPS) is 11.9. The van der Waals surface area contributed by atoms with Crippen LogP contribution in [-0.4, -0.2) is 24.7 Å². The third-order valence-corrected chi connectivity index (χ3v) is 6.00. The highest BCUT2D eigenvalue weighted by Crippen LogP contribution is 2.29. The Balaban J connectivity index is 2.03. The molecule has 0 bridgehead atoms. The van der Waals surface area contributed by atoms with Gasteiger partial charge in [-0.3, -0.25) is 4.68 Å². The monoisotopic (exact) mass is 363 g/mol. The summed E-state index contributed by atoms with van der Waals surface area (Å²) in [4.78, 5) is 1.12. The minimum atomic E-state index is -3.44. The lowest BCUT2D eigenvalue weighted by atomic mass is 10.3. The summed E-state index contributed by atoms with van der Waals surface area (Å²) in [6.07, 6.45) is 2.31. The molecule has 0 radical (unpaired) electrons. The lowest BCUT2D eigenvalue weighted by molar-refractivity contribution is 0.579. The van der Waals surface area contributed by atoms with Crippen molar-refractivity contribution < 1.29 is 8.42 Å². The van der Waals surface area contributed by atoms with Crippen LogP contribution in [0.5, 0.6) is 0 Å². The van der Waals surface area contributed by atoms with Crippen LogP contribution in [0.2, 0.25) is 0 Å². The largest absolute Gasteiger partial charge is 0.273 e. The molecule has 0 fully saturated rings. The van der Waals surface area contributed by atoms with Gasteiger partial charge in [-0.15, -0.1) is 11.3 Å². The molecule has 8 heteroatoms. The molecule has 19 heavy (non-hydrogen) atoms. The van der Waals surface area contributed by atoms with E-state index < -0.39 is 10.0 Å². The Hall–Kier alpha value is -0.700. The quantitative estimate of drug-likeness (QED) is 0.884. The Labute approximate surface area is 124 Å². The molecular formula is C11H14BrN3O2S2. The molecule has 0 aromatic carbocycles. The highest BCUT2D eigenvalue weighted by atomic mass is 79.9. The van der Waals surface area contributed by atoms with Crippen LogP contribution in [0.1, 0.15) is 10.6 Å². The van der Waals surface area contributed by atoms with E-state index in [1.807, 2.05) is 13.1 Å². The lowest BCUT2D eigenvalue weighted by Crippen LogP contribution is -2.26. The van der Waals surface area contributed by atoms with Crippen molar-refractivity contribution in [2.45, 2.75) is 18.2 Å². The number of nitrogens with zero attached hydrogens (tertiary/aromatic N) is 2. The summed E-state index contributed by atoms with van der Waals surface area (Å²) in [5.74, 6) is 0. The van der Waals surface area contributed by atoms with E-state index in [-0.39, 0.29) is 0 Å².